The summed E-state index contributed by atoms with van der Waals surface area (Å²) in [7, 11) is -0.573. The molecule has 11 heteroatoms. The molecule has 0 amide bonds. The standard InChI is InChI=1S/C19H19O7PS.2Na/c1-23-16-9-12(10-17(24-2)19(16)25-3)4-5-13-8-15(26-27(20,21)22)14-6-7-28-18(14)11-13;;/h4-11H,1-3H3,(H2,20,21,22);;/q;2*+1/p-2/b5-4+;;. The minimum atomic E-state index is -5.16. The van der Waals surface area contributed by atoms with Gasteiger partial charge in [-0.1, -0.05) is 12.2 Å². The number of hydrogen-bond donors (Lipinski definition) is 0. The molecule has 0 bridgehead atoms. The monoisotopic (exact) mass is 466 g/mol. The van der Waals surface area contributed by atoms with E-state index in [0.29, 0.717) is 28.2 Å². The van der Waals surface area contributed by atoms with Crippen LogP contribution in [0, 0.1) is 0 Å². The Bertz CT molecular complexity index is 1050. The van der Waals surface area contributed by atoms with Gasteiger partial charge in [0.2, 0.25) is 5.75 Å². The Morgan fingerprint density at radius 3 is 1.90 bits per heavy atom. The fourth-order valence-corrected chi connectivity index (χ4v) is 3.98. The second-order valence-electron chi connectivity index (χ2n) is 5.68. The van der Waals surface area contributed by atoms with Crippen molar-refractivity contribution < 1.29 is 92.2 Å². The predicted molar refractivity (Wildman–Crippen MR) is 105 cm³/mol. The summed E-state index contributed by atoms with van der Waals surface area (Å²) in [5, 5.41) is 2.37. The van der Waals surface area contributed by atoms with Gasteiger partial charge in [-0.05, 0) is 46.8 Å². The van der Waals surface area contributed by atoms with Crippen LogP contribution in [0.3, 0.4) is 0 Å². The van der Waals surface area contributed by atoms with Gasteiger partial charge in [0.1, 0.15) is 13.6 Å². The van der Waals surface area contributed by atoms with Gasteiger partial charge in [0.15, 0.2) is 11.5 Å². The fraction of sp³-hybridized carbons (Fsp3) is 0.158. The van der Waals surface area contributed by atoms with Crippen LogP contribution in [0.15, 0.2) is 35.7 Å². The number of ether oxygens (including phenoxy) is 3. The first-order valence-corrected chi connectivity index (χ1v) is 10.4. The Kier molecular flexibility index (Phi) is 10.9. The zero-order valence-electron chi connectivity index (χ0n) is 17.3. The molecule has 0 saturated heterocycles. The molecule has 1 aromatic heterocycles. The van der Waals surface area contributed by atoms with Gasteiger partial charge in [-0.2, -0.15) is 0 Å². The van der Waals surface area contributed by atoms with Gasteiger partial charge in [0.05, 0.1) is 21.3 Å². The third kappa shape index (κ3) is 6.74. The van der Waals surface area contributed by atoms with Crippen molar-refractivity contribution in [2.75, 3.05) is 21.3 Å². The molecule has 0 aliphatic carbocycles. The zero-order valence-corrected chi connectivity index (χ0v) is 23.0. The van der Waals surface area contributed by atoms with Crippen LogP contribution in [0.4, 0.5) is 0 Å². The first kappa shape index (κ1) is 27.5. The van der Waals surface area contributed by atoms with E-state index in [2.05, 4.69) is 4.52 Å². The van der Waals surface area contributed by atoms with E-state index in [0.717, 1.165) is 10.3 Å². The molecule has 0 unspecified atom stereocenters. The Morgan fingerprint density at radius 1 is 0.867 bits per heavy atom. The summed E-state index contributed by atoms with van der Waals surface area (Å²) in [6.07, 6.45) is 3.57. The minimum Gasteiger partial charge on any atom is -0.780 e. The van der Waals surface area contributed by atoms with Crippen molar-refractivity contribution >= 4 is 41.4 Å². The molecule has 7 nitrogen and oxygen atoms in total. The van der Waals surface area contributed by atoms with E-state index in [4.69, 9.17) is 14.2 Å². The summed E-state index contributed by atoms with van der Waals surface area (Å²) < 4.78 is 32.5. The topological polar surface area (TPSA) is 100 Å². The van der Waals surface area contributed by atoms with Crippen LogP contribution < -0.4 is 87.6 Å². The molecule has 148 valence electrons. The predicted octanol–water partition coefficient (Wildman–Crippen LogP) is -2.69. The molecule has 30 heavy (non-hydrogen) atoms. The smallest absolute Gasteiger partial charge is 0.780 e. The number of methoxy groups -OCH3 is 3. The van der Waals surface area contributed by atoms with Crippen molar-refractivity contribution in [2.24, 2.45) is 0 Å². The molecule has 0 saturated carbocycles. The third-order valence-electron chi connectivity index (χ3n) is 3.92. The van der Waals surface area contributed by atoms with Gasteiger partial charge in [0, 0.05) is 10.1 Å². The average Bonchev–Trinajstić information content (AvgIpc) is 3.13. The van der Waals surface area contributed by atoms with Crippen molar-refractivity contribution in [2.45, 2.75) is 0 Å². The molecule has 0 radical (unpaired) electrons. The Balaban J connectivity index is 0.00000225. The molecule has 0 aliphatic heterocycles. The summed E-state index contributed by atoms with van der Waals surface area (Å²) in [6.45, 7) is 0. The number of phosphoric acid groups is 1. The molecule has 0 aliphatic rings. The quantitative estimate of drug-likeness (QED) is 0.213. The van der Waals surface area contributed by atoms with Crippen molar-refractivity contribution in [3.05, 3.63) is 46.8 Å². The number of thiophene rings is 1. The summed E-state index contributed by atoms with van der Waals surface area (Å²) in [4.78, 5) is 22.1. The molecule has 3 aromatic rings. The fourth-order valence-electron chi connectivity index (χ4n) is 2.74. The van der Waals surface area contributed by atoms with Crippen LogP contribution in [0.2, 0.25) is 0 Å². The number of hydrogen-bond acceptors (Lipinski definition) is 8. The summed E-state index contributed by atoms with van der Waals surface area (Å²) in [6, 6.07) is 8.65. The SMILES string of the molecule is COc1cc(/C=C/c2cc(OP(=O)([O-])[O-])c3ccsc3c2)cc(OC)c1OC.[Na+].[Na+]. The molecular formula is C19H17Na2O7PS. The van der Waals surface area contributed by atoms with Crippen LogP contribution in [-0.2, 0) is 4.57 Å². The molecule has 3 rings (SSSR count). The van der Waals surface area contributed by atoms with Gasteiger partial charge in [-0.15, -0.1) is 11.3 Å². The third-order valence-corrected chi connectivity index (χ3v) is 5.21. The van der Waals surface area contributed by atoms with Crippen molar-refractivity contribution in [1.29, 1.82) is 0 Å². The van der Waals surface area contributed by atoms with Crippen molar-refractivity contribution in [1.82, 2.24) is 0 Å². The normalized spacial score (nSPS) is 11.0. The number of benzene rings is 2. The maximum Gasteiger partial charge on any atom is 1.00 e. The molecular weight excluding hydrogens is 449 g/mol. The molecule has 0 N–H and O–H groups in total. The molecule has 0 spiro atoms. The van der Waals surface area contributed by atoms with E-state index >= 15 is 0 Å². The van der Waals surface area contributed by atoms with Crippen LogP contribution >= 0.6 is 19.2 Å². The zero-order chi connectivity index (χ0) is 20.3. The molecule has 1 heterocycles. The van der Waals surface area contributed by atoms with Gasteiger partial charge in [-0.3, -0.25) is 0 Å². The van der Waals surface area contributed by atoms with Crippen LogP contribution in [0.5, 0.6) is 23.0 Å². The van der Waals surface area contributed by atoms with E-state index in [1.807, 2.05) is 6.07 Å². The van der Waals surface area contributed by atoms with Crippen LogP contribution in [-0.4, -0.2) is 21.3 Å². The van der Waals surface area contributed by atoms with Crippen LogP contribution in [0.25, 0.3) is 22.2 Å². The molecule has 0 atom stereocenters. The number of rotatable bonds is 7. The maximum atomic E-state index is 11.1. The largest absolute Gasteiger partial charge is 1.00 e. The summed E-state index contributed by atoms with van der Waals surface area (Å²) >= 11 is 1.42. The maximum absolute atomic E-state index is 11.1. The molecule has 2 aromatic carbocycles. The summed E-state index contributed by atoms with van der Waals surface area (Å²) in [5.74, 6) is 1.52. The van der Waals surface area contributed by atoms with Gasteiger partial charge >= 0.3 is 59.1 Å². The van der Waals surface area contributed by atoms with E-state index in [1.54, 1.807) is 35.7 Å². The first-order valence-electron chi connectivity index (χ1n) is 8.05. The summed E-state index contributed by atoms with van der Waals surface area (Å²) in [5.41, 5.74) is 1.45. The Morgan fingerprint density at radius 2 is 1.40 bits per heavy atom. The second kappa shape index (κ2) is 11.9. The van der Waals surface area contributed by atoms with Gasteiger partial charge in [-0.25, -0.2) is 0 Å². The van der Waals surface area contributed by atoms with Crippen molar-refractivity contribution in [3.63, 3.8) is 0 Å². The van der Waals surface area contributed by atoms with Crippen molar-refractivity contribution in [3.8, 4) is 23.0 Å². The minimum absolute atomic E-state index is 0. The Labute approximate surface area is 222 Å². The first-order chi connectivity index (χ1) is 13.3. The van der Waals surface area contributed by atoms with E-state index in [-0.39, 0.29) is 64.9 Å². The van der Waals surface area contributed by atoms with Gasteiger partial charge in [0.25, 0.3) is 0 Å². The number of phosphoric ester groups is 1. The Hall–Kier alpha value is -0.510. The average molecular weight is 466 g/mol. The van der Waals surface area contributed by atoms with Crippen LogP contribution in [0.1, 0.15) is 11.1 Å². The van der Waals surface area contributed by atoms with E-state index in [1.165, 1.54) is 38.7 Å². The van der Waals surface area contributed by atoms with E-state index in [9.17, 15) is 14.4 Å². The van der Waals surface area contributed by atoms with E-state index < -0.39 is 7.82 Å². The second-order valence-corrected chi connectivity index (χ2v) is 7.71. The number of fused-ring (bicyclic) bond motifs is 1. The molecule has 0 fully saturated rings. The van der Waals surface area contributed by atoms with Gasteiger partial charge < -0.3 is 33.1 Å².